The lowest BCUT2D eigenvalue weighted by Gasteiger charge is -2.21. The summed E-state index contributed by atoms with van der Waals surface area (Å²) in [5, 5.41) is 10.6. The minimum atomic E-state index is -4.96. The second-order valence-corrected chi connectivity index (χ2v) is 31.7. The summed E-state index contributed by atoms with van der Waals surface area (Å²) in [6, 6.07) is 0. The van der Waals surface area contributed by atoms with E-state index >= 15 is 0 Å². The van der Waals surface area contributed by atoms with Gasteiger partial charge in [0.2, 0.25) is 0 Å². The van der Waals surface area contributed by atoms with E-state index in [4.69, 9.17) is 37.0 Å². The third kappa shape index (κ3) is 74.1. The predicted octanol–water partition coefficient (Wildman–Crippen LogP) is 24.2. The van der Waals surface area contributed by atoms with Gasteiger partial charge in [-0.05, 0) is 25.7 Å². The topological polar surface area (TPSA) is 237 Å². The van der Waals surface area contributed by atoms with Crippen molar-refractivity contribution in [1.29, 1.82) is 0 Å². The van der Waals surface area contributed by atoms with Crippen LogP contribution in [0.3, 0.4) is 0 Å². The summed E-state index contributed by atoms with van der Waals surface area (Å²) in [5.74, 6) is -2.11. The number of unbranched alkanes of at least 4 members (excludes halogenated alkanes) is 55. The highest BCUT2D eigenvalue weighted by Crippen LogP contribution is 2.45. The Bertz CT molecular complexity index is 1880. The molecule has 0 radical (unpaired) electrons. The van der Waals surface area contributed by atoms with Crippen LogP contribution in [0.5, 0.6) is 0 Å². The number of carbonyl (C=O) groups excluding carboxylic acids is 4. The third-order valence-corrected chi connectivity index (χ3v) is 20.8. The van der Waals surface area contributed by atoms with E-state index in [1.54, 1.807) is 0 Å². The van der Waals surface area contributed by atoms with Gasteiger partial charge in [-0.15, -0.1) is 0 Å². The zero-order valence-electron chi connectivity index (χ0n) is 64.5. The van der Waals surface area contributed by atoms with E-state index in [1.807, 2.05) is 0 Å². The summed E-state index contributed by atoms with van der Waals surface area (Å²) in [5.41, 5.74) is 0. The summed E-state index contributed by atoms with van der Waals surface area (Å²) in [4.78, 5) is 72.8. The van der Waals surface area contributed by atoms with Crippen molar-refractivity contribution in [2.24, 2.45) is 0 Å². The van der Waals surface area contributed by atoms with Crippen molar-refractivity contribution >= 4 is 39.5 Å². The molecule has 0 heterocycles. The summed E-state index contributed by atoms with van der Waals surface area (Å²) >= 11 is 0. The van der Waals surface area contributed by atoms with Crippen molar-refractivity contribution in [3.05, 3.63) is 0 Å². The van der Waals surface area contributed by atoms with Crippen molar-refractivity contribution in [3.8, 4) is 0 Å². The number of phosphoric ester groups is 2. The smallest absolute Gasteiger partial charge is 0.462 e. The van der Waals surface area contributed by atoms with Gasteiger partial charge in [0.05, 0.1) is 26.4 Å². The number of carbonyl (C=O) groups is 4. The zero-order valence-corrected chi connectivity index (χ0v) is 66.3. The quantitative estimate of drug-likeness (QED) is 0.0222. The van der Waals surface area contributed by atoms with Gasteiger partial charge >= 0.3 is 39.5 Å². The van der Waals surface area contributed by atoms with Crippen molar-refractivity contribution in [3.63, 3.8) is 0 Å². The van der Waals surface area contributed by atoms with Gasteiger partial charge in [-0.1, -0.05) is 381 Å². The van der Waals surface area contributed by atoms with Crippen LogP contribution in [-0.2, 0) is 65.4 Å². The Balaban J connectivity index is 5.16. The van der Waals surface area contributed by atoms with E-state index in [0.29, 0.717) is 25.7 Å². The first-order chi connectivity index (χ1) is 48.2. The fraction of sp³-hybridized carbons (Fsp3) is 0.950. The van der Waals surface area contributed by atoms with Gasteiger partial charge in [0, 0.05) is 25.7 Å². The minimum absolute atomic E-state index is 0.108. The molecule has 0 bridgehead atoms. The minimum Gasteiger partial charge on any atom is -0.462 e. The Labute approximate surface area is 607 Å². The molecule has 0 aliphatic rings. The molecule has 0 spiro atoms. The maximum Gasteiger partial charge on any atom is 0.472 e. The van der Waals surface area contributed by atoms with Crippen LogP contribution in [-0.4, -0.2) is 96.7 Å². The molecule has 19 heteroatoms. The van der Waals surface area contributed by atoms with Crippen LogP contribution in [0.1, 0.15) is 432 Å². The van der Waals surface area contributed by atoms with Gasteiger partial charge in [0.15, 0.2) is 12.2 Å². The molecule has 0 amide bonds. The van der Waals surface area contributed by atoms with E-state index in [1.165, 1.54) is 250 Å². The lowest BCUT2D eigenvalue weighted by molar-refractivity contribution is -0.161. The highest BCUT2D eigenvalue weighted by atomic mass is 31.2. The van der Waals surface area contributed by atoms with Crippen molar-refractivity contribution in [1.82, 2.24) is 0 Å². The Morgan fingerprint density at radius 3 is 0.596 bits per heavy atom. The molecular formula is C80H156O17P2. The number of rotatable bonds is 81. The highest BCUT2D eigenvalue weighted by Gasteiger charge is 2.30. The number of phosphoric acid groups is 2. The van der Waals surface area contributed by atoms with Crippen LogP contribution in [0.4, 0.5) is 0 Å². The Hall–Kier alpha value is -1.94. The average molecular weight is 1450 g/mol. The molecule has 0 aliphatic carbocycles. The Kier molecular flexibility index (Phi) is 72.9. The molecule has 3 N–H and O–H groups in total. The largest absolute Gasteiger partial charge is 0.472 e. The van der Waals surface area contributed by atoms with Crippen molar-refractivity contribution in [2.75, 3.05) is 39.6 Å². The second-order valence-electron chi connectivity index (χ2n) is 28.8. The standard InChI is InChI=1S/C80H156O17P2/c1-5-9-13-17-21-24-27-30-33-35-36-37-38-39-42-45-48-51-55-59-63-67-80(85)97-76(71-91-78(83)65-61-57-53-49-46-43-41-34-31-28-25-22-18-14-10-6-2)73-95-99(88,89)93-69-74(81)68-92-98(86,87)94-72-75(70-90-77(82)64-60-56-52-20-16-12-8-4)96-79(84)66-62-58-54-50-47-44-40-32-29-26-23-19-15-11-7-3/h74-76,81H,5-73H2,1-4H3,(H,86,87)(H,88,89)/t74-,75+,76+/m0/s1. The third-order valence-electron chi connectivity index (χ3n) is 18.9. The lowest BCUT2D eigenvalue weighted by atomic mass is 10.0. The molecule has 5 atom stereocenters. The first-order valence-corrected chi connectivity index (χ1v) is 44.8. The summed E-state index contributed by atoms with van der Waals surface area (Å²) in [7, 11) is -9.91. The second kappa shape index (κ2) is 74.3. The molecule has 0 saturated carbocycles. The van der Waals surface area contributed by atoms with Crippen LogP contribution in [0.25, 0.3) is 0 Å². The summed E-state index contributed by atoms with van der Waals surface area (Å²) in [6.07, 6.45) is 66.8. The maximum atomic E-state index is 13.1. The van der Waals surface area contributed by atoms with Gasteiger partial charge in [-0.3, -0.25) is 37.3 Å². The first kappa shape index (κ1) is 97.1. The van der Waals surface area contributed by atoms with E-state index < -0.39 is 97.5 Å². The Morgan fingerprint density at radius 1 is 0.242 bits per heavy atom. The summed E-state index contributed by atoms with van der Waals surface area (Å²) in [6.45, 7) is 4.98. The number of aliphatic hydroxyl groups excluding tert-OH is 1. The lowest BCUT2D eigenvalue weighted by Crippen LogP contribution is -2.30. The molecule has 0 aromatic carbocycles. The normalized spacial score (nSPS) is 13.8. The molecule has 17 nitrogen and oxygen atoms in total. The monoisotopic (exact) mass is 1450 g/mol. The van der Waals surface area contributed by atoms with Crippen LogP contribution in [0.15, 0.2) is 0 Å². The van der Waals surface area contributed by atoms with Gasteiger partial charge < -0.3 is 33.8 Å². The first-order valence-electron chi connectivity index (χ1n) is 41.8. The summed E-state index contributed by atoms with van der Waals surface area (Å²) < 4.78 is 68.6. The van der Waals surface area contributed by atoms with Crippen LogP contribution < -0.4 is 0 Å². The molecule has 99 heavy (non-hydrogen) atoms. The molecule has 588 valence electrons. The fourth-order valence-corrected chi connectivity index (χ4v) is 14.0. The van der Waals surface area contributed by atoms with E-state index in [2.05, 4.69) is 27.7 Å². The molecule has 0 saturated heterocycles. The molecule has 0 aromatic heterocycles. The predicted molar refractivity (Wildman–Crippen MR) is 405 cm³/mol. The van der Waals surface area contributed by atoms with Crippen LogP contribution in [0, 0.1) is 0 Å². The molecule has 0 aliphatic heterocycles. The molecule has 0 aromatic rings. The van der Waals surface area contributed by atoms with Gasteiger partial charge in [-0.2, -0.15) is 0 Å². The molecule has 0 fully saturated rings. The average Bonchev–Trinajstić information content (AvgIpc) is 0.971. The molecule has 2 unspecified atom stereocenters. The molecular weight excluding hydrogens is 1290 g/mol. The number of esters is 4. The van der Waals surface area contributed by atoms with Crippen LogP contribution in [0.2, 0.25) is 0 Å². The number of aliphatic hydroxyl groups is 1. The van der Waals surface area contributed by atoms with Crippen molar-refractivity contribution < 1.29 is 80.2 Å². The van der Waals surface area contributed by atoms with Gasteiger partial charge in [-0.25, -0.2) is 9.13 Å². The van der Waals surface area contributed by atoms with E-state index in [0.717, 1.165) is 103 Å². The van der Waals surface area contributed by atoms with Gasteiger partial charge in [0.1, 0.15) is 19.3 Å². The number of hydrogen-bond acceptors (Lipinski definition) is 15. The SMILES string of the molecule is CCCCCCCCCCCCCCCCCCCCCCCC(=O)O[C@H](COC(=O)CCCCCCCCCCCCCCCCCC)COP(=O)(O)OC[C@@H](O)COP(=O)(O)OC[C@@H](COC(=O)CCCCCCCCC)OC(=O)CCCCCCCCCCCCCCCCC. The maximum absolute atomic E-state index is 13.1. The Morgan fingerprint density at radius 2 is 0.404 bits per heavy atom. The van der Waals surface area contributed by atoms with E-state index in [-0.39, 0.29) is 25.7 Å². The fourth-order valence-electron chi connectivity index (χ4n) is 12.5. The number of ether oxygens (including phenoxy) is 4. The highest BCUT2D eigenvalue weighted by molar-refractivity contribution is 7.47. The van der Waals surface area contributed by atoms with Gasteiger partial charge in [0.25, 0.3) is 0 Å². The van der Waals surface area contributed by atoms with Crippen LogP contribution >= 0.6 is 15.6 Å². The van der Waals surface area contributed by atoms with Crippen molar-refractivity contribution in [2.45, 2.75) is 451 Å². The van der Waals surface area contributed by atoms with E-state index in [9.17, 15) is 43.2 Å². The molecule has 0 rings (SSSR count). The number of hydrogen-bond donors (Lipinski definition) is 3. The zero-order chi connectivity index (χ0) is 72.5.